The number of hydrogen-bond donors (Lipinski definition) is 3. The van der Waals surface area contributed by atoms with E-state index in [0.29, 0.717) is 37.9 Å². The van der Waals surface area contributed by atoms with Crippen LogP contribution in [0, 0.1) is 52.8 Å². The number of terminal acetylenes is 2. The predicted octanol–water partition coefficient (Wildman–Crippen LogP) is 17.2. The molecule has 11 nitrogen and oxygen atoms in total. The van der Waals surface area contributed by atoms with E-state index in [0.717, 1.165) is 31.4 Å². The molecule has 0 aliphatic rings. The van der Waals surface area contributed by atoms with Gasteiger partial charge in [-0.1, -0.05) is 124 Å². The van der Waals surface area contributed by atoms with Crippen molar-refractivity contribution >= 4 is 55.8 Å². The Balaban J connectivity index is -0.000000154. The number of nitrogens with zero attached hydrogens (tertiary/aromatic N) is 3. The minimum atomic E-state index is -5.03. The average Bonchev–Trinajstić information content (AvgIpc) is 3.30. The zero-order valence-electron chi connectivity index (χ0n) is 47.9. The second-order valence-electron chi connectivity index (χ2n) is 20.0. The van der Waals surface area contributed by atoms with E-state index in [2.05, 4.69) is 103 Å². The first-order valence-corrected chi connectivity index (χ1v) is 27.8. The second-order valence-corrected chi connectivity index (χ2v) is 21.5. The van der Waals surface area contributed by atoms with Crippen molar-refractivity contribution in [1.82, 2.24) is 0 Å². The number of hydrogen-bond acceptors (Lipinski definition) is 12. The van der Waals surface area contributed by atoms with Crippen molar-refractivity contribution < 1.29 is 55.6 Å². The van der Waals surface area contributed by atoms with Crippen molar-refractivity contribution in [3.05, 3.63) is 35.8 Å². The van der Waals surface area contributed by atoms with Crippen LogP contribution in [0.2, 0.25) is 0 Å². The molecular weight excluding hydrogens is 1030 g/mol. The summed E-state index contributed by atoms with van der Waals surface area (Å²) in [5.41, 5.74) is 5.77. The van der Waals surface area contributed by atoms with E-state index >= 15 is 0 Å². The van der Waals surface area contributed by atoms with Crippen LogP contribution in [0.4, 0.5) is 17.6 Å². The number of allylic oxidation sites excluding steroid dienone is 1. The first-order valence-electron chi connectivity index (χ1n) is 25.9. The summed E-state index contributed by atoms with van der Waals surface area (Å²) in [7, 11) is 0. The zero-order chi connectivity index (χ0) is 58.7. The number of carbonyl (C=O) groups excluding carboxylic acids is 3. The largest absolute Gasteiger partial charge is 0.496 e. The molecule has 0 radical (unpaired) electrons. The Labute approximate surface area is 471 Å². The van der Waals surface area contributed by atoms with Gasteiger partial charge >= 0.3 is 30.1 Å². The third-order valence-corrected chi connectivity index (χ3v) is 10.1. The van der Waals surface area contributed by atoms with Gasteiger partial charge in [0.25, 0.3) is 0 Å². The Hall–Kier alpha value is -2.99. The molecule has 0 saturated heterocycles. The van der Waals surface area contributed by atoms with Crippen LogP contribution in [0.25, 0.3) is 10.4 Å². The van der Waals surface area contributed by atoms with E-state index in [9.17, 15) is 31.9 Å². The van der Waals surface area contributed by atoms with Gasteiger partial charge in [-0.15, -0.1) is 31.9 Å². The molecule has 0 aliphatic carbocycles. The molecule has 0 N–H and O–H groups in total. The standard InChI is InChI=1S/C13H20O3.C12H20F4O3S.C10H19N3.C10H20O2S.C9H16.C2H6S.CH4/c1-6-8-15-11(3)10-13(4,5)12(14)16-9-7-2;1-8(2)7-10(3,4)9(17)19-12(15,16)11(13,14)18-5-6-20;1-2-3-4-5-6-7-8-9-10-12-13-11;1-8(2)7-10(3,4)9(11)12-5-6-13;1-3-5-7-9-8-6-4-2;1-2-3;/h2,6,11H,1,8-10H2,3-5H3;8,20H,5-7H2,1-4H3;2H,1,3-10H2;8,13H,5-7H2,1-4H3;1H,4-9H2,2H3;3H,2H2,1H3;1H4. The molecule has 18 heteroatoms. The second kappa shape index (κ2) is 54.4. The molecule has 442 valence electrons. The summed E-state index contributed by atoms with van der Waals surface area (Å²) in [6.45, 7) is 32.2. The Morgan fingerprint density at radius 1 is 0.667 bits per heavy atom. The van der Waals surface area contributed by atoms with Gasteiger partial charge in [-0.3, -0.25) is 14.4 Å². The normalized spacial score (nSPS) is 11.3. The Morgan fingerprint density at radius 3 is 1.56 bits per heavy atom. The Kier molecular flexibility index (Phi) is 62.3. The number of carbonyl (C=O) groups is 3. The summed E-state index contributed by atoms with van der Waals surface area (Å²) in [6, 6.07) is 0. The van der Waals surface area contributed by atoms with Gasteiger partial charge in [0.2, 0.25) is 0 Å². The third-order valence-electron chi connectivity index (χ3n) is 9.74. The molecule has 0 spiro atoms. The highest BCUT2D eigenvalue weighted by Crippen LogP contribution is 2.39. The monoisotopic (exact) mass is 1130 g/mol. The van der Waals surface area contributed by atoms with Crippen LogP contribution >= 0.6 is 37.9 Å². The van der Waals surface area contributed by atoms with Gasteiger partial charge in [-0.05, 0) is 117 Å². The molecule has 0 aromatic rings. The van der Waals surface area contributed by atoms with Crippen LogP contribution in [0.1, 0.15) is 200 Å². The van der Waals surface area contributed by atoms with E-state index in [4.69, 9.17) is 32.6 Å². The number of rotatable bonds is 34. The van der Waals surface area contributed by atoms with Gasteiger partial charge in [0.1, 0.15) is 6.61 Å². The van der Waals surface area contributed by atoms with Crippen LogP contribution in [0.15, 0.2) is 30.4 Å². The fourth-order valence-corrected chi connectivity index (χ4v) is 6.75. The highest BCUT2D eigenvalue weighted by Gasteiger charge is 2.63. The molecule has 0 amide bonds. The van der Waals surface area contributed by atoms with Crippen molar-refractivity contribution in [2.45, 2.75) is 218 Å². The maximum atomic E-state index is 13.3. The number of esters is 3. The van der Waals surface area contributed by atoms with Crippen LogP contribution < -0.4 is 0 Å². The molecule has 0 aromatic carbocycles. The smallest absolute Gasteiger partial charge is 0.464 e. The number of thiol groups is 3. The number of ether oxygens (including phenoxy) is 5. The first kappa shape index (κ1) is 85.9. The fourth-order valence-electron chi connectivity index (χ4n) is 6.56. The molecule has 0 aromatic heterocycles. The van der Waals surface area contributed by atoms with Crippen LogP contribution in [0.5, 0.6) is 0 Å². The number of azide groups is 1. The van der Waals surface area contributed by atoms with E-state index in [-0.39, 0.29) is 55.6 Å². The minimum Gasteiger partial charge on any atom is -0.464 e. The quantitative estimate of drug-likeness (QED) is 0.00552. The molecule has 0 aliphatic heterocycles. The molecule has 0 saturated carbocycles. The SMILES string of the molecule is C.C#CCCCCCCC.C#CCOC(=O)C(C)(C)CC(C)OCC=C.C=CCCCCCCCCN=[N+]=[N-].CC(C)CC(C)(C)C(=O)OC(F)(F)C(F)(F)OCCS.CC(C)CC(C)(C)C(=O)OCCS.CCS. The van der Waals surface area contributed by atoms with Gasteiger partial charge in [0.05, 0.1) is 35.6 Å². The van der Waals surface area contributed by atoms with E-state index < -0.39 is 35.6 Å². The molecule has 0 bridgehead atoms. The van der Waals surface area contributed by atoms with Crippen LogP contribution in [-0.4, -0.2) is 86.5 Å². The number of halogens is 4. The summed E-state index contributed by atoms with van der Waals surface area (Å²) in [5, 5.41) is 3.49. The summed E-state index contributed by atoms with van der Waals surface area (Å²) >= 11 is 11.3. The Morgan fingerprint density at radius 2 is 1.12 bits per heavy atom. The van der Waals surface area contributed by atoms with Crippen molar-refractivity contribution in [2.75, 3.05) is 50.2 Å². The van der Waals surface area contributed by atoms with Crippen molar-refractivity contribution in [3.8, 4) is 24.7 Å². The van der Waals surface area contributed by atoms with Crippen molar-refractivity contribution in [1.29, 1.82) is 0 Å². The van der Waals surface area contributed by atoms with E-state index in [1.807, 2.05) is 47.6 Å². The molecule has 0 fully saturated rings. The summed E-state index contributed by atoms with van der Waals surface area (Å²) < 4.78 is 75.6. The highest BCUT2D eigenvalue weighted by atomic mass is 32.1. The van der Waals surface area contributed by atoms with E-state index in [1.54, 1.807) is 19.9 Å². The number of alkyl halides is 4. The van der Waals surface area contributed by atoms with E-state index in [1.165, 1.54) is 78.1 Å². The molecule has 0 heterocycles. The Bertz CT molecular complexity index is 1550. The fraction of sp³-hybridized carbons (Fsp3) is 0.807. The van der Waals surface area contributed by atoms with Gasteiger partial charge in [0.15, 0.2) is 6.61 Å². The summed E-state index contributed by atoms with van der Waals surface area (Å²) in [6.07, 6.45) is 21.5. The lowest BCUT2D eigenvalue weighted by molar-refractivity contribution is -0.418. The topological polar surface area (TPSA) is 146 Å². The average molecular weight is 1130 g/mol. The summed E-state index contributed by atoms with van der Waals surface area (Å²) in [5.74, 6) is 5.01. The minimum absolute atomic E-state index is 0. The first-order chi connectivity index (χ1) is 34.4. The lowest BCUT2D eigenvalue weighted by atomic mass is 9.84. The van der Waals surface area contributed by atoms with Gasteiger partial charge in [0, 0.05) is 29.4 Å². The van der Waals surface area contributed by atoms with Crippen LogP contribution in [-0.2, 0) is 38.1 Å². The lowest BCUT2D eigenvalue weighted by Gasteiger charge is -2.30. The number of unbranched alkanes of at least 4 members (excludes halogenated alkanes) is 11. The molecule has 0 rings (SSSR count). The summed E-state index contributed by atoms with van der Waals surface area (Å²) in [4.78, 5) is 37.5. The maximum absolute atomic E-state index is 13.3. The molecule has 1 unspecified atom stereocenters. The van der Waals surface area contributed by atoms with Crippen molar-refractivity contribution in [2.24, 2.45) is 33.2 Å². The van der Waals surface area contributed by atoms with Crippen molar-refractivity contribution in [3.63, 3.8) is 0 Å². The van der Waals surface area contributed by atoms with Gasteiger partial charge < -0.3 is 23.7 Å². The lowest BCUT2D eigenvalue weighted by Crippen LogP contribution is -2.48. The maximum Gasteiger partial charge on any atom is 0.496 e. The zero-order valence-corrected chi connectivity index (χ0v) is 50.6. The van der Waals surface area contributed by atoms with Gasteiger partial charge in [-0.2, -0.15) is 55.4 Å². The third kappa shape index (κ3) is 57.0. The molecule has 1 atom stereocenters. The van der Waals surface area contributed by atoms with Gasteiger partial charge in [-0.25, -0.2) is 0 Å². The predicted molar refractivity (Wildman–Crippen MR) is 316 cm³/mol. The molecule has 75 heavy (non-hydrogen) atoms. The highest BCUT2D eigenvalue weighted by molar-refractivity contribution is 7.80. The molecular formula is C57H105F4N3O8S3. The van der Waals surface area contributed by atoms with Crippen LogP contribution in [0.3, 0.4) is 0 Å².